The van der Waals surface area contributed by atoms with Crippen LogP contribution in [0.1, 0.15) is 25.7 Å². The van der Waals surface area contributed by atoms with Gasteiger partial charge in [-0.1, -0.05) is 0 Å². The number of nitrogens with two attached hydrogens (primary N) is 2. The number of aliphatic carboxylic acids is 4. The predicted molar refractivity (Wildman–Crippen MR) is 67.1 cm³/mol. The topological polar surface area (TPSA) is 201 Å². The van der Waals surface area contributed by atoms with Gasteiger partial charge in [-0.2, -0.15) is 0 Å². The van der Waals surface area contributed by atoms with Crippen molar-refractivity contribution in [3.63, 3.8) is 0 Å². The summed E-state index contributed by atoms with van der Waals surface area (Å²) in [5.41, 5.74) is 8.22. The summed E-state index contributed by atoms with van der Waals surface area (Å²) in [6, 6.07) is 0. The molecule has 0 saturated carbocycles. The molecule has 10 nitrogen and oxygen atoms in total. The third kappa shape index (κ3) is 6.38. The van der Waals surface area contributed by atoms with E-state index in [0.29, 0.717) is 0 Å². The van der Waals surface area contributed by atoms with E-state index < -0.39 is 66.4 Å². The number of hydrogen-bond donors (Lipinski definition) is 6. The SMILES string of the molecule is NC(CC(=O)O)=C(CC(=O)O)C(N)(CC(=O)O)CC(=O)O. The molecule has 0 amide bonds. The van der Waals surface area contributed by atoms with Gasteiger partial charge in [0.2, 0.25) is 0 Å². The number of carbonyl (C=O) groups is 4. The van der Waals surface area contributed by atoms with Crippen molar-refractivity contribution < 1.29 is 39.6 Å². The third-order valence-corrected chi connectivity index (χ3v) is 2.59. The first-order valence-corrected chi connectivity index (χ1v) is 5.62. The molecule has 10 heteroatoms. The predicted octanol–water partition coefficient (Wildman–Crippen LogP) is -1.20. The Morgan fingerprint density at radius 3 is 1.43 bits per heavy atom. The van der Waals surface area contributed by atoms with Crippen LogP contribution in [0, 0.1) is 0 Å². The molecule has 0 spiro atoms. The van der Waals surface area contributed by atoms with Crippen LogP contribution < -0.4 is 11.5 Å². The summed E-state index contributed by atoms with van der Waals surface area (Å²) < 4.78 is 0. The fourth-order valence-corrected chi connectivity index (χ4v) is 1.85. The lowest BCUT2D eigenvalue weighted by molar-refractivity contribution is -0.142. The maximum Gasteiger partial charge on any atom is 0.309 e. The fourth-order valence-electron chi connectivity index (χ4n) is 1.85. The van der Waals surface area contributed by atoms with Crippen LogP contribution in [-0.2, 0) is 19.2 Å². The standard InChI is InChI=1S/C11H16N2O8/c12-6(2-8(16)17)5(1-7(14)15)11(13,3-9(18)19)4-10(20)21/h1-4,12-13H2,(H,14,15)(H,16,17)(H,18,19)(H,20,21). The van der Waals surface area contributed by atoms with Gasteiger partial charge in [-0.3, -0.25) is 19.2 Å². The summed E-state index contributed by atoms with van der Waals surface area (Å²) in [5, 5.41) is 35.1. The molecule has 0 radical (unpaired) electrons. The molecule has 0 aliphatic carbocycles. The summed E-state index contributed by atoms with van der Waals surface area (Å²) >= 11 is 0. The van der Waals surface area contributed by atoms with Gasteiger partial charge in [-0.25, -0.2) is 0 Å². The molecule has 0 atom stereocenters. The van der Waals surface area contributed by atoms with Crippen molar-refractivity contribution in [2.24, 2.45) is 11.5 Å². The smallest absolute Gasteiger partial charge is 0.309 e. The third-order valence-electron chi connectivity index (χ3n) is 2.59. The minimum absolute atomic E-state index is 0.415. The van der Waals surface area contributed by atoms with Crippen molar-refractivity contribution >= 4 is 23.9 Å². The molecule has 0 bridgehead atoms. The monoisotopic (exact) mass is 304 g/mol. The number of hydrogen-bond acceptors (Lipinski definition) is 6. The average Bonchev–Trinajstić information content (AvgIpc) is 2.21. The van der Waals surface area contributed by atoms with Gasteiger partial charge < -0.3 is 31.9 Å². The molecule has 0 aromatic heterocycles. The summed E-state index contributed by atoms with van der Waals surface area (Å²) in [6.07, 6.45) is -3.43. The van der Waals surface area contributed by atoms with Crippen LogP contribution in [-0.4, -0.2) is 49.8 Å². The molecule has 0 aliphatic heterocycles. The molecule has 0 saturated heterocycles. The second-order valence-corrected chi connectivity index (χ2v) is 4.44. The van der Waals surface area contributed by atoms with Gasteiger partial charge in [0.25, 0.3) is 0 Å². The summed E-state index contributed by atoms with van der Waals surface area (Å²) in [4.78, 5) is 43.1. The van der Waals surface area contributed by atoms with E-state index in [1.54, 1.807) is 0 Å². The highest BCUT2D eigenvalue weighted by Crippen LogP contribution is 2.28. The lowest BCUT2D eigenvalue weighted by Crippen LogP contribution is -2.47. The second-order valence-electron chi connectivity index (χ2n) is 4.44. The summed E-state index contributed by atoms with van der Waals surface area (Å²) in [5.74, 6) is -5.76. The van der Waals surface area contributed by atoms with E-state index in [2.05, 4.69) is 0 Å². The zero-order valence-electron chi connectivity index (χ0n) is 10.9. The van der Waals surface area contributed by atoms with Crippen LogP contribution in [0.2, 0.25) is 0 Å². The lowest BCUT2D eigenvalue weighted by atomic mass is 9.80. The first kappa shape index (κ1) is 18.4. The quantitative estimate of drug-likeness (QED) is 0.300. The van der Waals surface area contributed by atoms with Crippen LogP contribution in [0.3, 0.4) is 0 Å². The minimum atomic E-state index is -2.09. The molecular weight excluding hydrogens is 288 g/mol. The Bertz CT molecular complexity index is 480. The molecule has 118 valence electrons. The fraction of sp³-hybridized carbons (Fsp3) is 0.455. The Morgan fingerprint density at radius 2 is 1.14 bits per heavy atom. The van der Waals surface area contributed by atoms with Crippen LogP contribution in [0.4, 0.5) is 0 Å². The average molecular weight is 304 g/mol. The van der Waals surface area contributed by atoms with E-state index >= 15 is 0 Å². The number of carboxylic acid groups (broad SMARTS) is 4. The number of rotatable bonds is 9. The van der Waals surface area contributed by atoms with Crippen LogP contribution in [0.5, 0.6) is 0 Å². The van der Waals surface area contributed by atoms with Gasteiger partial charge in [0.1, 0.15) is 0 Å². The van der Waals surface area contributed by atoms with Crippen LogP contribution in [0.25, 0.3) is 0 Å². The Labute approximate surface area is 118 Å². The molecule has 0 heterocycles. The highest BCUT2D eigenvalue weighted by molar-refractivity contribution is 5.78. The Morgan fingerprint density at radius 1 is 0.762 bits per heavy atom. The first-order chi connectivity index (χ1) is 9.47. The van der Waals surface area contributed by atoms with Crippen molar-refractivity contribution in [3.8, 4) is 0 Å². The zero-order valence-corrected chi connectivity index (χ0v) is 10.9. The Hall–Kier alpha value is -2.62. The van der Waals surface area contributed by atoms with Crippen LogP contribution in [0.15, 0.2) is 11.3 Å². The minimum Gasteiger partial charge on any atom is -0.481 e. The largest absolute Gasteiger partial charge is 0.481 e. The van der Waals surface area contributed by atoms with E-state index in [9.17, 15) is 19.2 Å². The molecule has 21 heavy (non-hydrogen) atoms. The molecule has 0 aliphatic rings. The highest BCUT2D eigenvalue weighted by atomic mass is 16.4. The molecule has 0 aromatic rings. The maximum absolute atomic E-state index is 10.8. The van der Waals surface area contributed by atoms with Crippen molar-refractivity contribution in [2.75, 3.05) is 0 Å². The molecule has 8 N–H and O–H groups in total. The molecule has 0 aromatic carbocycles. The normalized spacial score (nSPS) is 12.4. The highest BCUT2D eigenvalue weighted by Gasteiger charge is 2.37. The molecule has 0 fully saturated rings. The van der Waals surface area contributed by atoms with E-state index in [0.717, 1.165) is 0 Å². The lowest BCUT2D eigenvalue weighted by Gasteiger charge is -2.30. The van der Waals surface area contributed by atoms with Crippen molar-refractivity contribution in [1.82, 2.24) is 0 Å². The maximum atomic E-state index is 10.8. The Kier molecular flexibility index (Phi) is 6.34. The molecular formula is C11H16N2O8. The van der Waals surface area contributed by atoms with E-state index in [1.165, 1.54) is 0 Å². The number of carboxylic acids is 4. The van der Waals surface area contributed by atoms with Crippen molar-refractivity contribution in [3.05, 3.63) is 11.3 Å². The van der Waals surface area contributed by atoms with Crippen molar-refractivity contribution in [2.45, 2.75) is 31.2 Å². The van der Waals surface area contributed by atoms with Gasteiger partial charge in [-0.15, -0.1) is 0 Å². The first-order valence-electron chi connectivity index (χ1n) is 5.62. The van der Waals surface area contributed by atoms with Gasteiger partial charge in [0, 0.05) is 5.70 Å². The van der Waals surface area contributed by atoms with Crippen molar-refractivity contribution in [1.29, 1.82) is 0 Å². The van der Waals surface area contributed by atoms with Gasteiger partial charge in [-0.05, 0) is 5.57 Å². The van der Waals surface area contributed by atoms with E-state index in [4.69, 9.17) is 31.9 Å². The van der Waals surface area contributed by atoms with E-state index in [-0.39, 0.29) is 0 Å². The molecule has 0 unspecified atom stereocenters. The van der Waals surface area contributed by atoms with E-state index in [1.807, 2.05) is 0 Å². The van der Waals surface area contributed by atoms with Gasteiger partial charge in [0.15, 0.2) is 0 Å². The zero-order chi connectivity index (χ0) is 16.8. The summed E-state index contributed by atoms with van der Waals surface area (Å²) in [7, 11) is 0. The summed E-state index contributed by atoms with van der Waals surface area (Å²) in [6.45, 7) is 0. The van der Waals surface area contributed by atoms with Gasteiger partial charge >= 0.3 is 23.9 Å². The van der Waals surface area contributed by atoms with Crippen LogP contribution >= 0.6 is 0 Å². The second kappa shape index (κ2) is 7.24. The van der Waals surface area contributed by atoms with Gasteiger partial charge in [0.05, 0.1) is 31.2 Å². The Balaban J connectivity index is 5.87. The molecule has 0 rings (SSSR count).